The Bertz CT molecular complexity index is 190. The maximum atomic E-state index is 11.9. The molecule has 0 spiro atoms. The first-order valence-electron chi connectivity index (χ1n) is 4.27. The highest BCUT2D eigenvalue weighted by Gasteiger charge is 2.29. The van der Waals surface area contributed by atoms with Crippen molar-refractivity contribution in [3.63, 3.8) is 0 Å². The summed E-state index contributed by atoms with van der Waals surface area (Å²) < 4.78 is -0.194. The fourth-order valence-corrected chi connectivity index (χ4v) is 1.97. The minimum Gasteiger partial charge on any atom is -0.623 e. The van der Waals surface area contributed by atoms with E-state index in [1.165, 1.54) is 12.8 Å². The van der Waals surface area contributed by atoms with Gasteiger partial charge in [0, 0.05) is 12.8 Å². The fraction of sp³-hybridized carbons (Fsp3) is 0.556. The average molecular weight is 151 g/mol. The predicted octanol–water partition coefficient (Wildman–Crippen LogP) is 2.28. The molecular formula is C9H13NO. The van der Waals surface area contributed by atoms with Crippen LogP contribution in [0.15, 0.2) is 24.6 Å². The molecule has 0 bridgehead atoms. The quantitative estimate of drug-likeness (QED) is 0.416. The van der Waals surface area contributed by atoms with Crippen LogP contribution < -0.4 is 0 Å². The van der Waals surface area contributed by atoms with Gasteiger partial charge in [-0.15, -0.1) is 0 Å². The number of rotatable bonds is 1. The van der Waals surface area contributed by atoms with E-state index in [1.807, 2.05) is 12.2 Å². The lowest BCUT2D eigenvalue weighted by atomic mass is 10.2. The summed E-state index contributed by atoms with van der Waals surface area (Å²) in [6.45, 7) is 0. The van der Waals surface area contributed by atoms with Gasteiger partial charge in [-0.25, -0.2) is 0 Å². The molecule has 0 aromatic carbocycles. The largest absolute Gasteiger partial charge is 0.623 e. The summed E-state index contributed by atoms with van der Waals surface area (Å²) in [7, 11) is 0. The molecule has 1 aliphatic heterocycles. The topological polar surface area (TPSA) is 23.1 Å². The molecule has 0 aromatic heterocycles. The molecule has 0 atom stereocenters. The molecule has 2 aliphatic rings. The van der Waals surface area contributed by atoms with Crippen LogP contribution in [0.5, 0.6) is 0 Å². The zero-order valence-corrected chi connectivity index (χ0v) is 6.57. The first-order chi connectivity index (χ1) is 5.31. The van der Waals surface area contributed by atoms with Crippen molar-refractivity contribution in [1.82, 2.24) is 0 Å². The maximum absolute atomic E-state index is 11.9. The molecule has 0 N–H and O–H groups in total. The van der Waals surface area contributed by atoms with Crippen molar-refractivity contribution in [2.75, 3.05) is 0 Å². The summed E-state index contributed by atoms with van der Waals surface area (Å²) in [5, 5.41) is 11.9. The van der Waals surface area contributed by atoms with E-state index >= 15 is 0 Å². The van der Waals surface area contributed by atoms with Crippen molar-refractivity contribution < 1.29 is 4.65 Å². The molecule has 2 nitrogen and oxygen atoms in total. The lowest BCUT2D eigenvalue weighted by Gasteiger charge is -2.38. The van der Waals surface area contributed by atoms with E-state index in [2.05, 4.69) is 0 Å². The maximum Gasteiger partial charge on any atom is 0.101 e. The number of nitrogens with zero attached hydrogens (tertiary/aromatic N) is 1. The summed E-state index contributed by atoms with van der Waals surface area (Å²) in [5.41, 5.74) is 0. The Labute approximate surface area is 67.0 Å². The van der Waals surface area contributed by atoms with Gasteiger partial charge in [-0.1, -0.05) is 0 Å². The molecule has 0 amide bonds. The number of allylic oxidation sites excluding steroid dienone is 2. The zero-order chi connectivity index (χ0) is 7.73. The van der Waals surface area contributed by atoms with Gasteiger partial charge in [0.1, 0.15) is 12.4 Å². The van der Waals surface area contributed by atoms with E-state index in [1.54, 1.807) is 12.4 Å². The smallest absolute Gasteiger partial charge is 0.101 e. The third-order valence-electron chi connectivity index (χ3n) is 2.64. The van der Waals surface area contributed by atoms with E-state index in [0.29, 0.717) is 6.04 Å². The van der Waals surface area contributed by atoms with Gasteiger partial charge in [0.05, 0.1) is 6.04 Å². The van der Waals surface area contributed by atoms with Crippen molar-refractivity contribution in [1.29, 1.82) is 0 Å². The van der Waals surface area contributed by atoms with Crippen LogP contribution >= 0.6 is 0 Å². The van der Waals surface area contributed by atoms with Crippen LogP contribution in [0.3, 0.4) is 0 Å². The molecule has 1 saturated carbocycles. The number of quaternary nitrogens is 1. The molecule has 1 fully saturated rings. The molecule has 0 saturated heterocycles. The average Bonchev–Trinajstić information content (AvgIpc) is 2.55. The molecule has 2 heteroatoms. The number of hydroxylamine groups is 3. The van der Waals surface area contributed by atoms with Gasteiger partial charge in [0.25, 0.3) is 0 Å². The summed E-state index contributed by atoms with van der Waals surface area (Å²) in [5.74, 6) is 0. The summed E-state index contributed by atoms with van der Waals surface area (Å²) in [6, 6.07) is 0.310. The Morgan fingerprint density at radius 1 is 1.09 bits per heavy atom. The minimum atomic E-state index is -0.194. The van der Waals surface area contributed by atoms with Gasteiger partial charge in [0.2, 0.25) is 0 Å². The monoisotopic (exact) mass is 151 g/mol. The third-order valence-corrected chi connectivity index (χ3v) is 2.64. The minimum absolute atomic E-state index is 0.194. The van der Waals surface area contributed by atoms with Crippen molar-refractivity contribution in [2.45, 2.75) is 31.7 Å². The number of hydrogen-bond acceptors (Lipinski definition) is 1. The SMILES string of the molecule is [O-][N+]1(C2CCCC2)C=CC=C1. The van der Waals surface area contributed by atoms with Crippen LogP contribution in [0, 0.1) is 5.21 Å². The highest BCUT2D eigenvalue weighted by atomic mass is 16.5. The van der Waals surface area contributed by atoms with E-state index in [-0.39, 0.29) is 4.65 Å². The Hall–Kier alpha value is -0.600. The van der Waals surface area contributed by atoms with Crippen molar-refractivity contribution in [2.24, 2.45) is 0 Å². The van der Waals surface area contributed by atoms with Crippen LogP contribution in [0.25, 0.3) is 0 Å². The lowest BCUT2D eigenvalue weighted by Crippen LogP contribution is -2.37. The van der Waals surface area contributed by atoms with Crippen LogP contribution in [-0.2, 0) is 0 Å². The summed E-state index contributed by atoms with van der Waals surface area (Å²) in [4.78, 5) is 0. The lowest BCUT2D eigenvalue weighted by molar-refractivity contribution is -0.800. The summed E-state index contributed by atoms with van der Waals surface area (Å²) in [6.07, 6.45) is 11.8. The second kappa shape index (κ2) is 2.47. The molecule has 60 valence electrons. The molecule has 1 aliphatic carbocycles. The normalized spacial score (nSPS) is 28.5. The standard InChI is InChI=1S/C9H13NO/c11-10(7-3-4-8-10)9-5-1-2-6-9/h3-4,7-9H,1-2,5-6H2. The highest BCUT2D eigenvalue weighted by molar-refractivity contribution is 5.05. The Morgan fingerprint density at radius 2 is 1.64 bits per heavy atom. The first-order valence-corrected chi connectivity index (χ1v) is 4.27. The second-order valence-electron chi connectivity index (χ2n) is 3.38. The van der Waals surface area contributed by atoms with Gasteiger partial charge in [0.15, 0.2) is 0 Å². The molecule has 0 radical (unpaired) electrons. The van der Waals surface area contributed by atoms with E-state index in [9.17, 15) is 5.21 Å². The highest BCUT2D eigenvalue weighted by Crippen LogP contribution is 2.31. The Balaban J connectivity index is 2.13. The van der Waals surface area contributed by atoms with Gasteiger partial charge in [-0.05, 0) is 25.0 Å². The predicted molar refractivity (Wildman–Crippen MR) is 44.2 cm³/mol. The second-order valence-corrected chi connectivity index (χ2v) is 3.38. The molecular weight excluding hydrogens is 138 g/mol. The van der Waals surface area contributed by atoms with Crippen LogP contribution in [0.2, 0.25) is 0 Å². The van der Waals surface area contributed by atoms with Gasteiger partial charge in [-0.3, -0.25) is 0 Å². The molecule has 11 heavy (non-hydrogen) atoms. The van der Waals surface area contributed by atoms with Gasteiger partial charge >= 0.3 is 0 Å². The van der Waals surface area contributed by atoms with Crippen LogP contribution in [0.1, 0.15) is 25.7 Å². The van der Waals surface area contributed by atoms with Gasteiger partial charge in [-0.2, -0.15) is 0 Å². The number of hydrogen-bond donors (Lipinski definition) is 0. The summed E-state index contributed by atoms with van der Waals surface area (Å²) >= 11 is 0. The van der Waals surface area contributed by atoms with Crippen molar-refractivity contribution in [3.05, 3.63) is 29.8 Å². The zero-order valence-electron chi connectivity index (χ0n) is 6.57. The van der Waals surface area contributed by atoms with Crippen LogP contribution in [-0.4, -0.2) is 10.7 Å². The third kappa shape index (κ3) is 1.12. The Kier molecular flexibility index (Phi) is 1.59. The Morgan fingerprint density at radius 3 is 2.18 bits per heavy atom. The van der Waals surface area contributed by atoms with E-state index in [0.717, 1.165) is 12.8 Å². The molecule has 2 rings (SSSR count). The van der Waals surface area contributed by atoms with Gasteiger partial charge < -0.3 is 9.85 Å². The van der Waals surface area contributed by atoms with Crippen molar-refractivity contribution in [3.8, 4) is 0 Å². The van der Waals surface area contributed by atoms with Crippen LogP contribution in [0.4, 0.5) is 0 Å². The molecule has 1 heterocycles. The van der Waals surface area contributed by atoms with E-state index in [4.69, 9.17) is 0 Å². The molecule has 0 aromatic rings. The van der Waals surface area contributed by atoms with Crippen molar-refractivity contribution >= 4 is 0 Å². The van der Waals surface area contributed by atoms with E-state index < -0.39 is 0 Å². The first kappa shape index (κ1) is 7.07. The fourth-order valence-electron chi connectivity index (χ4n) is 1.97. The molecule has 0 unspecified atom stereocenters.